The molecular formula is C15H17ClN4O3S. The normalized spacial score (nSPS) is 10.3. The van der Waals surface area contributed by atoms with Crippen LogP contribution in [0.1, 0.15) is 24.8 Å². The predicted molar refractivity (Wildman–Crippen MR) is 93.8 cm³/mol. The number of carbonyl (C=O) groups excluding carboxylic acids is 2. The van der Waals surface area contributed by atoms with E-state index in [0.717, 1.165) is 11.4 Å². The summed E-state index contributed by atoms with van der Waals surface area (Å²) in [6, 6.07) is 4.92. The Balaban J connectivity index is 1.80. The number of aromatic nitrogens is 2. The minimum Gasteiger partial charge on any atom is -0.495 e. The van der Waals surface area contributed by atoms with Gasteiger partial charge in [0.2, 0.25) is 16.9 Å². The first-order chi connectivity index (χ1) is 11.5. The van der Waals surface area contributed by atoms with Crippen molar-refractivity contribution in [2.75, 3.05) is 17.7 Å². The third-order valence-corrected chi connectivity index (χ3v) is 4.31. The molecule has 7 nitrogen and oxygen atoms in total. The molecule has 0 fully saturated rings. The zero-order valence-corrected chi connectivity index (χ0v) is 14.8. The number of hydrogen-bond donors (Lipinski definition) is 2. The average Bonchev–Trinajstić information content (AvgIpc) is 3.01. The zero-order chi connectivity index (χ0) is 17.5. The fraction of sp³-hybridized carbons (Fsp3) is 0.333. The molecule has 0 aliphatic rings. The summed E-state index contributed by atoms with van der Waals surface area (Å²) in [5.74, 6) is -0.0350. The van der Waals surface area contributed by atoms with Gasteiger partial charge >= 0.3 is 0 Å². The lowest BCUT2D eigenvalue weighted by atomic mass is 10.2. The van der Waals surface area contributed by atoms with Crippen molar-refractivity contribution in [3.8, 4) is 5.75 Å². The van der Waals surface area contributed by atoms with Gasteiger partial charge in [-0.1, -0.05) is 29.9 Å². The van der Waals surface area contributed by atoms with Crippen LogP contribution in [0.4, 0.5) is 10.8 Å². The Kier molecular flexibility index (Phi) is 6.51. The minimum atomic E-state index is -0.281. The highest BCUT2D eigenvalue weighted by Gasteiger charge is 2.11. The summed E-state index contributed by atoms with van der Waals surface area (Å²) in [4.78, 5) is 23.7. The number of anilines is 2. The molecule has 1 heterocycles. The Bertz CT molecular complexity index is 735. The van der Waals surface area contributed by atoms with Crippen molar-refractivity contribution in [3.63, 3.8) is 0 Å². The van der Waals surface area contributed by atoms with E-state index in [9.17, 15) is 9.59 Å². The van der Waals surface area contributed by atoms with E-state index >= 15 is 0 Å². The Morgan fingerprint density at radius 2 is 1.92 bits per heavy atom. The highest BCUT2D eigenvalue weighted by atomic mass is 35.5. The second-order valence-electron chi connectivity index (χ2n) is 4.80. The number of rotatable bonds is 7. The summed E-state index contributed by atoms with van der Waals surface area (Å²) < 4.78 is 5.04. The van der Waals surface area contributed by atoms with Crippen molar-refractivity contribution in [2.24, 2.45) is 0 Å². The van der Waals surface area contributed by atoms with Gasteiger partial charge in [0.15, 0.2) is 0 Å². The van der Waals surface area contributed by atoms with Gasteiger partial charge in [0.05, 0.1) is 12.1 Å². The van der Waals surface area contributed by atoms with Gasteiger partial charge in [0.1, 0.15) is 10.8 Å². The molecule has 0 aliphatic heterocycles. The van der Waals surface area contributed by atoms with Crippen molar-refractivity contribution in [2.45, 2.75) is 26.2 Å². The van der Waals surface area contributed by atoms with E-state index in [1.54, 1.807) is 18.2 Å². The number of amides is 2. The quantitative estimate of drug-likeness (QED) is 0.783. The molecule has 2 N–H and O–H groups in total. The standard InChI is InChI=1S/C15H17ClN4O3S/c1-3-14-19-20-15(24-14)18-13(22)7-6-12(21)17-9-4-5-11(23-2)10(16)8-9/h4-5,8H,3,6-7H2,1-2H3,(H,17,21)(H,18,20,22). The summed E-state index contributed by atoms with van der Waals surface area (Å²) in [6.45, 7) is 1.96. The molecule has 1 aromatic carbocycles. The van der Waals surface area contributed by atoms with Crippen molar-refractivity contribution in [3.05, 3.63) is 28.2 Å². The van der Waals surface area contributed by atoms with E-state index in [1.807, 2.05) is 6.92 Å². The maximum Gasteiger partial charge on any atom is 0.226 e. The summed E-state index contributed by atoms with van der Waals surface area (Å²) in [6.07, 6.45) is 0.867. The van der Waals surface area contributed by atoms with E-state index in [1.165, 1.54) is 18.4 Å². The van der Waals surface area contributed by atoms with Gasteiger partial charge in [0.25, 0.3) is 0 Å². The van der Waals surface area contributed by atoms with Gasteiger partial charge in [-0.25, -0.2) is 0 Å². The average molecular weight is 369 g/mol. The Labute approximate surface area is 148 Å². The monoisotopic (exact) mass is 368 g/mol. The van der Waals surface area contributed by atoms with Crippen LogP contribution in [-0.2, 0) is 16.0 Å². The summed E-state index contributed by atoms with van der Waals surface area (Å²) in [7, 11) is 1.51. The number of nitrogens with zero attached hydrogens (tertiary/aromatic N) is 2. The maximum atomic E-state index is 11.9. The molecule has 0 spiro atoms. The van der Waals surface area contributed by atoms with Gasteiger partial charge < -0.3 is 15.4 Å². The maximum absolute atomic E-state index is 11.9. The van der Waals surface area contributed by atoms with Crippen LogP contribution in [0.2, 0.25) is 5.02 Å². The molecule has 0 bridgehead atoms. The summed E-state index contributed by atoms with van der Waals surface area (Å²) >= 11 is 7.31. The van der Waals surface area contributed by atoms with Gasteiger partial charge in [0, 0.05) is 18.5 Å². The Morgan fingerprint density at radius 1 is 1.21 bits per heavy atom. The van der Waals surface area contributed by atoms with Crippen LogP contribution in [0.15, 0.2) is 18.2 Å². The second kappa shape index (κ2) is 8.60. The first-order valence-corrected chi connectivity index (χ1v) is 8.47. The third-order valence-electron chi connectivity index (χ3n) is 3.03. The molecule has 128 valence electrons. The third kappa shape index (κ3) is 5.17. The van der Waals surface area contributed by atoms with Gasteiger partial charge in [-0.15, -0.1) is 10.2 Å². The molecule has 0 unspecified atom stereocenters. The number of halogens is 1. The molecule has 24 heavy (non-hydrogen) atoms. The number of ether oxygens (including phenoxy) is 1. The first kappa shape index (κ1) is 18.2. The fourth-order valence-corrected chi connectivity index (χ4v) is 2.78. The smallest absolute Gasteiger partial charge is 0.226 e. The number of methoxy groups -OCH3 is 1. The molecule has 0 saturated carbocycles. The van der Waals surface area contributed by atoms with Crippen LogP contribution in [0, 0.1) is 0 Å². The van der Waals surface area contributed by atoms with E-state index in [4.69, 9.17) is 16.3 Å². The summed E-state index contributed by atoms with van der Waals surface area (Å²) in [5.41, 5.74) is 0.544. The second-order valence-corrected chi connectivity index (χ2v) is 6.27. The number of carbonyl (C=O) groups is 2. The van der Waals surface area contributed by atoms with Crippen LogP contribution in [0.5, 0.6) is 5.75 Å². The molecular weight excluding hydrogens is 352 g/mol. The molecule has 0 saturated heterocycles. The topological polar surface area (TPSA) is 93.2 Å². The predicted octanol–water partition coefficient (Wildman–Crippen LogP) is 3.12. The number of hydrogen-bond acceptors (Lipinski definition) is 6. The lowest BCUT2D eigenvalue weighted by Crippen LogP contribution is -2.17. The van der Waals surface area contributed by atoms with E-state index in [2.05, 4.69) is 20.8 Å². The lowest BCUT2D eigenvalue weighted by Gasteiger charge is -2.08. The molecule has 2 aromatic rings. The van der Waals surface area contributed by atoms with Gasteiger partial charge in [-0.05, 0) is 24.6 Å². The van der Waals surface area contributed by atoms with Crippen LogP contribution < -0.4 is 15.4 Å². The number of benzene rings is 1. The van der Waals surface area contributed by atoms with E-state index in [0.29, 0.717) is 21.6 Å². The largest absolute Gasteiger partial charge is 0.495 e. The molecule has 2 rings (SSSR count). The number of aryl methyl sites for hydroxylation is 1. The SMILES string of the molecule is CCc1nnc(NC(=O)CCC(=O)Nc2ccc(OC)c(Cl)c2)s1. The van der Waals surface area contributed by atoms with Crippen LogP contribution in [0.25, 0.3) is 0 Å². The highest BCUT2D eigenvalue weighted by Crippen LogP contribution is 2.27. The van der Waals surface area contributed by atoms with Crippen LogP contribution in [-0.4, -0.2) is 29.1 Å². The number of nitrogens with one attached hydrogen (secondary N) is 2. The molecule has 0 atom stereocenters. The van der Waals surface area contributed by atoms with Crippen molar-refractivity contribution in [1.82, 2.24) is 10.2 Å². The van der Waals surface area contributed by atoms with E-state index < -0.39 is 0 Å². The van der Waals surface area contributed by atoms with Crippen LogP contribution in [0.3, 0.4) is 0 Å². The van der Waals surface area contributed by atoms with Gasteiger partial charge in [-0.2, -0.15) is 0 Å². The van der Waals surface area contributed by atoms with Crippen molar-refractivity contribution < 1.29 is 14.3 Å². The highest BCUT2D eigenvalue weighted by molar-refractivity contribution is 7.15. The van der Waals surface area contributed by atoms with Crippen LogP contribution >= 0.6 is 22.9 Å². The summed E-state index contributed by atoms with van der Waals surface area (Å²) in [5, 5.41) is 14.8. The zero-order valence-electron chi connectivity index (χ0n) is 13.3. The Morgan fingerprint density at radius 3 is 2.50 bits per heavy atom. The molecule has 9 heteroatoms. The minimum absolute atomic E-state index is 0.0505. The first-order valence-electron chi connectivity index (χ1n) is 7.27. The molecule has 0 radical (unpaired) electrons. The van der Waals surface area contributed by atoms with Gasteiger partial charge in [-0.3, -0.25) is 9.59 Å². The fourth-order valence-electron chi connectivity index (χ4n) is 1.82. The molecule has 1 aromatic heterocycles. The van der Waals surface area contributed by atoms with Crippen molar-refractivity contribution in [1.29, 1.82) is 0 Å². The molecule has 2 amide bonds. The lowest BCUT2D eigenvalue weighted by molar-refractivity contribution is -0.121. The van der Waals surface area contributed by atoms with E-state index in [-0.39, 0.29) is 24.7 Å². The Hall–Kier alpha value is -2.19. The molecule has 0 aliphatic carbocycles. The van der Waals surface area contributed by atoms with Crippen molar-refractivity contribution >= 4 is 45.6 Å².